The molecule has 2 N–H and O–H groups in total. The molecule has 1 aliphatic heterocycles. The Kier molecular flexibility index (Phi) is 4.12. The first-order chi connectivity index (χ1) is 12.5. The van der Waals surface area contributed by atoms with Gasteiger partial charge in [-0.3, -0.25) is 4.72 Å². The van der Waals surface area contributed by atoms with E-state index in [4.69, 9.17) is 0 Å². The van der Waals surface area contributed by atoms with Crippen molar-refractivity contribution < 1.29 is 8.42 Å². The van der Waals surface area contributed by atoms with Crippen molar-refractivity contribution in [3.05, 3.63) is 71.8 Å². The number of nitrogens with zero attached hydrogens (tertiary/aromatic N) is 3. The van der Waals surface area contributed by atoms with Crippen LogP contribution in [0.1, 0.15) is 29.6 Å². The average Bonchev–Trinajstić information content (AvgIpc) is 3.02. The molecule has 0 radical (unpaired) electrons. The first kappa shape index (κ1) is 16.6. The number of nitrogens with one attached hydrogen (secondary N) is 2. The molecule has 0 unspecified atom stereocenters. The Morgan fingerprint density at radius 3 is 2.27 bits per heavy atom. The van der Waals surface area contributed by atoms with Crippen LogP contribution in [0.2, 0.25) is 0 Å². The van der Waals surface area contributed by atoms with Gasteiger partial charge in [0.15, 0.2) is 0 Å². The second kappa shape index (κ2) is 6.45. The summed E-state index contributed by atoms with van der Waals surface area (Å²) in [7, 11) is -3.44. The van der Waals surface area contributed by atoms with E-state index in [-0.39, 0.29) is 18.0 Å². The number of rotatable bonds is 4. The normalized spacial score (nSPS) is 19.4. The van der Waals surface area contributed by atoms with Crippen LogP contribution in [-0.2, 0) is 10.0 Å². The fourth-order valence-electron chi connectivity index (χ4n) is 3.24. The Labute approximate surface area is 152 Å². The Bertz CT molecular complexity index is 1000. The lowest BCUT2D eigenvalue weighted by Gasteiger charge is -2.31. The third kappa shape index (κ3) is 3.41. The lowest BCUT2D eigenvalue weighted by molar-refractivity contribution is 0.431. The van der Waals surface area contributed by atoms with E-state index >= 15 is 0 Å². The van der Waals surface area contributed by atoms with Crippen LogP contribution in [0, 0.1) is 0 Å². The van der Waals surface area contributed by atoms with Crippen molar-refractivity contribution in [3.8, 4) is 0 Å². The maximum Gasteiger partial charge on any atom is 0.257 e. The molecule has 1 aliphatic rings. The van der Waals surface area contributed by atoms with Gasteiger partial charge in [0, 0.05) is 0 Å². The van der Waals surface area contributed by atoms with Gasteiger partial charge in [0.25, 0.3) is 5.95 Å². The molecule has 3 aromatic rings. The highest BCUT2D eigenvalue weighted by molar-refractivity contribution is 7.91. The van der Waals surface area contributed by atoms with E-state index in [1.807, 2.05) is 48.5 Å². The predicted octanol–water partition coefficient (Wildman–Crippen LogP) is 2.80. The molecule has 2 heterocycles. The Morgan fingerprint density at radius 1 is 1.04 bits per heavy atom. The van der Waals surface area contributed by atoms with Crippen molar-refractivity contribution in [2.45, 2.75) is 18.5 Å². The molecule has 0 bridgehead atoms. The van der Waals surface area contributed by atoms with Crippen LogP contribution >= 0.6 is 0 Å². The van der Waals surface area contributed by atoms with Gasteiger partial charge in [0.1, 0.15) is 0 Å². The number of anilines is 2. The summed E-state index contributed by atoms with van der Waals surface area (Å²) >= 11 is 0. The molecule has 0 saturated heterocycles. The van der Waals surface area contributed by atoms with E-state index in [0.29, 0.717) is 5.95 Å². The zero-order valence-corrected chi connectivity index (χ0v) is 15.0. The summed E-state index contributed by atoms with van der Waals surface area (Å²) in [6, 6.07) is 20.2. The number of aromatic nitrogens is 3. The van der Waals surface area contributed by atoms with Gasteiger partial charge in [-0.25, -0.2) is 13.1 Å². The predicted molar refractivity (Wildman–Crippen MR) is 100 cm³/mol. The molecule has 134 valence electrons. The largest absolute Gasteiger partial charge is 0.347 e. The molecule has 0 saturated carbocycles. The molecule has 8 heteroatoms. The molecule has 7 nitrogen and oxygen atoms in total. The summed E-state index contributed by atoms with van der Waals surface area (Å²) in [4.78, 5) is 4.34. The second-order valence-corrected chi connectivity index (χ2v) is 8.10. The van der Waals surface area contributed by atoms with Gasteiger partial charge in [-0.1, -0.05) is 60.7 Å². The van der Waals surface area contributed by atoms with Gasteiger partial charge in [-0.05, 0) is 17.5 Å². The van der Waals surface area contributed by atoms with E-state index in [2.05, 4.69) is 32.3 Å². The maximum atomic E-state index is 11.5. The smallest absolute Gasteiger partial charge is 0.257 e. The molecule has 2 atom stereocenters. The minimum atomic E-state index is -3.44. The monoisotopic (exact) mass is 369 g/mol. The van der Waals surface area contributed by atoms with Gasteiger partial charge >= 0.3 is 0 Å². The van der Waals surface area contributed by atoms with Crippen molar-refractivity contribution in [2.75, 3.05) is 16.3 Å². The van der Waals surface area contributed by atoms with Crippen molar-refractivity contribution in [1.82, 2.24) is 14.8 Å². The van der Waals surface area contributed by atoms with Crippen molar-refractivity contribution in [2.24, 2.45) is 0 Å². The third-order valence-corrected chi connectivity index (χ3v) is 4.91. The third-order valence-electron chi connectivity index (χ3n) is 4.35. The summed E-state index contributed by atoms with van der Waals surface area (Å²) in [5.41, 5.74) is 2.26. The van der Waals surface area contributed by atoms with Crippen LogP contribution in [0.25, 0.3) is 0 Å². The van der Waals surface area contributed by atoms with Gasteiger partial charge in [0.05, 0.1) is 18.3 Å². The summed E-state index contributed by atoms with van der Waals surface area (Å²) < 4.78 is 27.2. The molecular weight excluding hydrogens is 350 g/mol. The van der Waals surface area contributed by atoms with E-state index in [9.17, 15) is 8.42 Å². The Balaban J connectivity index is 1.76. The number of hydrogen-bond donors (Lipinski definition) is 2. The molecule has 2 aromatic carbocycles. The number of benzene rings is 2. The highest BCUT2D eigenvalue weighted by atomic mass is 32.2. The fraction of sp³-hybridized carbons (Fsp3) is 0.222. The molecule has 0 amide bonds. The van der Waals surface area contributed by atoms with E-state index in [0.717, 1.165) is 23.8 Å². The Morgan fingerprint density at radius 2 is 1.65 bits per heavy atom. The van der Waals surface area contributed by atoms with Crippen LogP contribution in [-0.4, -0.2) is 29.4 Å². The maximum absolute atomic E-state index is 11.5. The van der Waals surface area contributed by atoms with Crippen LogP contribution in [0.5, 0.6) is 0 Å². The highest BCUT2D eigenvalue weighted by Crippen LogP contribution is 2.38. The number of sulfonamides is 1. The van der Waals surface area contributed by atoms with Gasteiger partial charge in [-0.15, -0.1) is 5.10 Å². The quantitative estimate of drug-likeness (QED) is 0.738. The first-order valence-corrected chi connectivity index (χ1v) is 10.2. The molecular formula is C18H19N5O2S. The van der Waals surface area contributed by atoms with Gasteiger partial charge in [-0.2, -0.15) is 4.98 Å². The van der Waals surface area contributed by atoms with Crippen LogP contribution in [0.4, 0.5) is 11.9 Å². The summed E-state index contributed by atoms with van der Waals surface area (Å²) in [6.07, 6.45) is 1.87. The zero-order chi connectivity index (χ0) is 18.1. The summed E-state index contributed by atoms with van der Waals surface area (Å²) in [5.74, 6) is 0.620. The van der Waals surface area contributed by atoms with Crippen LogP contribution in [0.3, 0.4) is 0 Å². The molecule has 0 spiro atoms. The molecule has 26 heavy (non-hydrogen) atoms. The number of hydrogen-bond acceptors (Lipinski definition) is 5. The average molecular weight is 369 g/mol. The number of fused-ring (bicyclic) bond motifs is 1. The minimum absolute atomic E-state index is 0.0414. The lowest BCUT2D eigenvalue weighted by Crippen LogP contribution is -2.28. The summed E-state index contributed by atoms with van der Waals surface area (Å²) in [5, 5.41) is 7.75. The highest BCUT2D eigenvalue weighted by Gasteiger charge is 2.31. The van der Waals surface area contributed by atoms with Gasteiger partial charge < -0.3 is 5.32 Å². The molecule has 1 aromatic heterocycles. The lowest BCUT2D eigenvalue weighted by atomic mass is 9.93. The summed E-state index contributed by atoms with van der Waals surface area (Å²) in [6.45, 7) is 0. The van der Waals surface area contributed by atoms with E-state index in [1.165, 1.54) is 0 Å². The minimum Gasteiger partial charge on any atom is -0.347 e. The topological polar surface area (TPSA) is 88.9 Å². The Hall–Kier alpha value is -2.87. The van der Waals surface area contributed by atoms with Crippen molar-refractivity contribution >= 4 is 21.9 Å². The standard InChI is InChI=1S/C18H19N5O2S/c1-26(24,25)22-17-20-18-19-15(13-8-4-2-5-9-13)12-16(23(18)21-17)14-10-6-3-7-11-14/h2-11,15-16H,12H2,1H3,(H2,19,20,21,22)/t15-,16+/m0/s1. The molecule has 0 aliphatic carbocycles. The van der Waals surface area contributed by atoms with Crippen molar-refractivity contribution in [1.29, 1.82) is 0 Å². The van der Waals surface area contributed by atoms with E-state index < -0.39 is 10.0 Å². The SMILES string of the molecule is CS(=O)(=O)Nc1nc2n(n1)[C@@H](c1ccccc1)C[C@@H](c1ccccc1)N2. The van der Waals surface area contributed by atoms with E-state index in [1.54, 1.807) is 4.68 Å². The van der Waals surface area contributed by atoms with Gasteiger partial charge in [0.2, 0.25) is 16.0 Å². The van der Waals surface area contributed by atoms with Crippen LogP contribution < -0.4 is 10.0 Å². The first-order valence-electron chi connectivity index (χ1n) is 8.30. The molecule has 0 fully saturated rings. The van der Waals surface area contributed by atoms with Crippen LogP contribution in [0.15, 0.2) is 60.7 Å². The zero-order valence-electron chi connectivity index (χ0n) is 14.2. The second-order valence-electron chi connectivity index (χ2n) is 6.35. The molecule has 4 rings (SSSR count). The fourth-order valence-corrected chi connectivity index (χ4v) is 3.66. The van der Waals surface area contributed by atoms with Crippen molar-refractivity contribution in [3.63, 3.8) is 0 Å².